The zero-order chi connectivity index (χ0) is 31.4. The third-order valence-corrected chi connectivity index (χ3v) is 9.67. The van der Waals surface area contributed by atoms with Crippen molar-refractivity contribution in [3.63, 3.8) is 0 Å². The molecule has 6 rings (SSSR count). The van der Waals surface area contributed by atoms with E-state index < -0.39 is 0 Å². The predicted molar refractivity (Wildman–Crippen MR) is 178 cm³/mol. The number of hydrogen-bond donors (Lipinski definition) is 0. The minimum atomic E-state index is -0.179. The third-order valence-electron chi connectivity index (χ3n) is 8.38. The van der Waals surface area contributed by atoms with E-state index in [1.165, 1.54) is 25.7 Å². The standard InChI is InChI=1S/C37H43N3O5S/c1-28-25-31(19-18-29(28)11-9-23-43-35-16-4-6-21-41-35)45-27-34-33(15-10-24-44-36-17-5-7-22-42-36)39-37(46-32-13-2-3-14-32)40(34)30-12-8-20-38-26-30/h8,12,18-20,25-26,32,35-36H,2-7,13-14,16-17,21-24,27H2,1H3. The molecule has 9 heteroatoms. The monoisotopic (exact) mass is 641 g/mol. The predicted octanol–water partition coefficient (Wildman–Crippen LogP) is 6.98. The molecule has 2 aliphatic heterocycles. The van der Waals surface area contributed by atoms with Crippen molar-refractivity contribution in [1.82, 2.24) is 14.5 Å². The topological polar surface area (TPSA) is 76.9 Å². The van der Waals surface area contributed by atoms with E-state index >= 15 is 0 Å². The zero-order valence-corrected chi connectivity index (χ0v) is 27.5. The quantitative estimate of drug-likeness (QED) is 0.220. The Labute approximate surface area is 276 Å². The van der Waals surface area contributed by atoms with Crippen LogP contribution in [0.4, 0.5) is 0 Å². The van der Waals surface area contributed by atoms with Gasteiger partial charge in [-0.25, -0.2) is 4.98 Å². The van der Waals surface area contributed by atoms with Gasteiger partial charge in [0.15, 0.2) is 17.7 Å². The lowest BCUT2D eigenvalue weighted by Gasteiger charge is -2.21. The van der Waals surface area contributed by atoms with Crippen LogP contribution in [0, 0.1) is 30.6 Å². The van der Waals surface area contributed by atoms with Crippen molar-refractivity contribution in [1.29, 1.82) is 0 Å². The van der Waals surface area contributed by atoms with Crippen LogP contribution >= 0.6 is 11.8 Å². The molecule has 3 fully saturated rings. The molecule has 3 aromatic rings. The van der Waals surface area contributed by atoms with E-state index in [1.54, 1.807) is 6.20 Å². The SMILES string of the molecule is Cc1cc(OCc2c(C#CCOC3CCCCO3)nc(SC3CCCC3)n2-c2cccnc2)ccc1C#CCOC1CCCCO1. The molecule has 242 valence electrons. The van der Waals surface area contributed by atoms with Crippen LogP contribution in [0.15, 0.2) is 47.9 Å². The van der Waals surface area contributed by atoms with Gasteiger partial charge in [0.2, 0.25) is 0 Å². The van der Waals surface area contributed by atoms with Crippen molar-refractivity contribution in [2.24, 2.45) is 0 Å². The summed E-state index contributed by atoms with van der Waals surface area (Å²) in [6.45, 7) is 4.49. The summed E-state index contributed by atoms with van der Waals surface area (Å²) in [5.41, 5.74) is 4.51. The van der Waals surface area contributed by atoms with Crippen LogP contribution in [0.2, 0.25) is 0 Å². The van der Waals surface area contributed by atoms with Crippen LogP contribution in [0.25, 0.3) is 5.69 Å². The summed E-state index contributed by atoms with van der Waals surface area (Å²) >= 11 is 1.83. The van der Waals surface area contributed by atoms with Gasteiger partial charge in [-0.1, -0.05) is 42.4 Å². The average molecular weight is 642 g/mol. The maximum absolute atomic E-state index is 6.42. The first-order valence-corrected chi connectivity index (χ1v) is 17.5. The molecule has 0 radical (unpaired) electrons. The second kappa shape index (κ2) is 17.0. The maximum atomic E-state index is 6.42. The van der Waals surface area contributed by atoms with E-state index in [2.05, 4.69) is 39.3 Å². The minimum Gasteiger partial charge on any atom is -0.487 e. The smallest absolute Gasteiger partial charge is 0.174 e. The Balaban J connectivity index is 1.20. The molecule has 2 aromatic heterocycles. The number of aryl methyl sites for hydroxylation is 1. The largest absolute Gasteiger partial charge is 0.487 e. The fraction of sp³-hybridized carbons (Fsp3) is 0.514. The summed E-state index contributed by atoms with van der Waals surface area (Å²) in [5, 5.41) is 1.46. The van der Waals surface area contributed by atoms with E-state index in [9.17, 15) is 0 Å². The van der Waals surface area contributed by atoms with Gasteiger partial charge < -0.3 is 23.7 Å². The maximum Gasteiger partial charge on any atom is 0.174 e. The lowest BCUT2D eigenvalue weighted by Crippen LogP contribution is -2.22. The van der Waals surface area contributed by atoms with Crippen LogP contribution in [0.5, 0.6) is 5.75 Å². The molecule has 0 spiro atoms. The van der Waals surface area contributed by atoms with E-state index in [-0.39, 0.29) is 19.2 Å². The molecule has 2 unspecified atom stereocenters. The number of ether oxygens (including phenoxy) is 5. The molecule has 1 aromatic carbocycles. The molecule has 2 atom stereocenters. The Morgan fingerprint density at radius 3 is 2.26 bits per heavy atom. The molecule has 0 N–H and O–H groups in total. The number of pyridine rings is 1. The highest BCUT2D eigenvalue weighted by atomic mass is 32.2. The first kappa shape index (κ1) is 32.6. The van der Waals surface area contributed by atoms with Gasteiger partial charge in [-0.05, 0) is 100 Å². The Morgan fingerprint density at radius 2 is 1.61 bits per heavy atom. The van der Waals surface area contributed by atoms with Gasteiger partial charge >= 0.3 is 0 Å². The van der Waals surface area contributed by atoms with Gasteiger partial charge in [-0.2, -0.15) is 0 Å². The second-order valence-electron chi connectivity index (χ2n) is 11.8. The number of hydrogen-bond acceptors (Lipinski definition) is 8. The van der Waals surface area contributed by atoms with Crippen LogP contribution in [-0.4, -0.2) is 58.8 Å². The van der Waals surface area contributed by atoms with E-state index in [1.807, 2.05) is 49.1 Å². The second-order valence-corrected chi connectivity index (χ2v) is 13.1. The summed E-state index contributed by atoms with van der Waals surface area (Å²) < 4.78 is 31.6. The summed E-state index contributed by atoms with van der Waals surface area (Å²) in [5.74, 6) is 13.6. The molecule has 3 aliphatic rings. The number of nitrogens with zero attached hydrogens (tertiary/aromatic N) is 3. The number of thioether (sulfide) groups is 1. The number of rotatable bonds is 10. The Morgan fingerprint density at radius 1 is 0.891 bits per heavy atom. The highest BCUT2D eigenvalue weighted by molar-refractivity contribution is 7.99. The van der Waals surface area contributed by atoms with Crippen molar-refractivity contribution in [2.75, 3.05) is 26.4 Å². The Kier molecular flexibility index (Phi) is 12.1. The summed E-state index contributed by atoms with van der Waals surface area (Å²) in [4.78, 5) is 9.48. The van der Waals surface area contributed by atoms with Crippen molar-refractivity contribution >= 4 is 11.8 Å². The lowest BCUT2D eigenvalue weighted by molar-refractivity contribution is -0.154. The number of benzene rings is 1. The van der Waals surface area contributed by atoms with Gasteiger partial charge in [-0.3, -0.25) is 9.55 Å². The van der Waals surface area contributed by atoms with Gasteiger partial charge in [0.05, 0.1) is 17.6 Å². The Bertz CT molecular complexity index is 1540. The minimum absolute atomic E-state index is 0.134. The van der Waals surface area contributed by atoms with Crippen LogP contribution in [0.1, 0.15) is 86.7 Å². The van der Waals surface area contributed by atoms with Crippen molar-refractivity contribution in [3.05, 3.63) is 65.2 Å². The number of aromatic nitrogens is 3. The fourth-order valence-corrected chi connectivity index (χ4v) is 7.21. The van der Waals surface area contributed by atoms with Crippen molar-refractivity contribution in [2.45, 2.75) is 101 Å². The van der Waals surface area contributed by atoms with Gasteiger partial charge in [0.25, 0.3) is 0 Å². The van der Waals surface area contributed by atoms with Crippen molar-refractivity contribution < 1.29 is 23.7 Å². The van der Waals surface area contributed by atoms with E-state index in [0.717, 1.165) is 85.2 Å². The number of imidazole rings is 1. The first-order valence-electron chi connectivity index (χ1n) is 16.6. The normalized spacial score (nSPS) is 20.0. The van der Waals surface area contributed by atoms with Crippen LogP contribution < -0.4 is 4.74 Å². The molecular weight excluding hydrogens is 598 g/mol. The van der Waals surface area contributed by atoms with Crippen molar-refractivity contribution in [3.8, 4) is 35.1 Å². The molecule has 8 nitrogen and oxygen atoms in total. The Hall–Kier alpha value is -3.31. The third kappa shape index (κ3) is 9.15. The van der Waals surface area contributed by atoms with Crippen LogP contribution in [-0.2, 0) is 25.6 Å². The summed E-state index contributed by atoms with van der Waals surface area (Å²) in [6, 6.07) is 9.99. The van der Waals surface area contributed by atoms with E-state index in [0.29, 0.717) is 24.2 Å². The highest BCUT2D eigenvalue weighted by Crippen LogP contribution is 2.36. The molecule has 46 heavy (non-hydrogen) atoms. The molecule has 4 heterocycles. The first-order chi connectivity index (χ1) is 22.7. The summed E-state index contributed by atoms with van der Waals surface area (Å²) in [7, 11) is 0. The summed E-state index contributed by atoms with van der Waals surface area (Å²) in [6.07, 6.45) is 14.5. The lowest BCUT2D eigenvalue weighted by atomic mass is 10.1. The molecule has 1 aliphatic carbocycles. The molecule has 0 bridgehead atoms. The average Bonchev–Trinajstić information content (AvgIpc) is 3.74. The van der Waals surface area contributed by atoms with E-state index in [4.69, 9.17) is 28.7 Å². The van der Waals surface area contributed by atoms with Crippen LogP contribution in [0.3, 0.4) is 0 Å². The fourth-order valence-electron chi connectivity index (χ4n) is 5.87. The van der Waals surface area contributed by atoms with Gasteiger partial charge in [0.1, 0.15) is 31.3 Å². The zero-order valence-electron chi connectivity index (χ0n) is 26.7. The highest BCUT2D eigenvalue weighted by Gasteiger charge is 2.24. The van der Waals surface area contributed by atoms with Gasteiger partial charge in [0, 0.05) is 30.2 Å². The molecule has 2 saturated heterocycles. The van der Waals surface area contributed by atoms with Gasteiger partial charge in [-0.15, -0.1) is 0 Å². The molecule has 1 saturated carbocycles. The molecule has 0 amide bonds. The molecular formula is C37H43N3O5S.